The Kier molecular flexibility index (Phi) is 2.70. The van der Waals surface area contributed by atoms with Gasteiger partial charge in [0.1, 0.15) is 0 Å². The molecule has 0 fully saturated rings. The van der Waals surface area contributed by atoms with Crippen LogP contribution >= 0.6 is 7.81 Å². The average molecular weight is 224 g/mol. The number of halogens is 6. The first-order valence-corrected chi connectivity index (χ1v) is 5.04. The average Bonchev–Trinajstić information content (AvgIpc) is 1.84. The number of hydrogen-bond donors (Lipinski definition) is 0. The van der Waals surface area contributed by atoms with Crippen molar-refractivity contribution in [2.24, 2.45) is 0 Å². The largest absolute Gasteiger partial charge is 1.00 e. The maximum absolute atomic E-state index is 10.7. The predicted molar refractivity (Wildman–Crippen MR) is 41.1 cm³/mol. The molecule has 0 bridgehead atoms. The zero-order valence-corrected chi connectivity index (χ0v) is 7.07. The van der Waals surface area contributed by atoms with E-state index in [-0.39, 0.29) is 1.43 Å². The Hall–Kier alpha value is -0.770. The Labute approximate surface area is 71.9 Å². The molecule has 0 spiro atoms. The summed E-state index contributed by atoms with van der Waals surface area (Å²) in [7, 11) is -10.7. The molecule has 0 nitrogen and oxygen atoms in total. The van der Waals surface area contributed by atoms with Gasteiger partial charge in [0.05, 0.1) is 0 Å². The molecule has 0 aliphatic carbocycles. The molecule has 0 aliphatic rings. The first-order chi connectivity index (χ1) is 5.45. The van der Waals surface area contributed by atoms with Crippen molar-refractivity contribution in [1.29, 1.82) is 0 Å². The minimum absolute atomic E-state index is 0. The van der Waals surface area contributed by atoms with Crippen molar-refractivity contribution in [3.63, 3.8) is 0 Å². The molecule has 7 heteroatoms. The fraction of sp³-hybridized carbons (Fsp3) is 0. The van der Waals surface area contributed by atoms with E-state index >= 15 is 0 Å². The number of rotatable bonds is 0. The molecule has 0 saturated heterocycles. The Morgan fingerprint density at radius 2 is 0.615 bits per heavy atom. The van der Waals surface area contributed by atoms with Crippen LogP contribution in [0.3, 0.4) is 0 Å². The second-order valence-corrected chi connectivity index (χ2v) is 4.03. The third-order valence-corrected chi connectivity index (χ3v) is 0.667. The normalized spacial score (nSPS) is 16.2. The van der Waals surface area contributed by atoms with Gasteiger partial charge in [-0.3, -0.25) is 0 Å². The molecule has 0 heterocycles. The molecule has 0 saturated carbocycles. The van der Waals surface area contributed by atoms with Crippen molar-refractivity contribution in [3.05, 3.63) is 36.4 Å². The Morgan fingerprint density at radius 3 is 0.692 bits per heavy atom. The van der Waals surface area contributed by atoms with Crippen molar-refractivity contribution >= 4 is 7.81 Å². The van der Waals surface area contributed by atoms with E-state index in [2.05, 4.69) is 0 Å². The van der Waals surface area contributed by atoms with Gasteiger partial charge in [-0.05, 0) is 0 Å². The van der Waals surface area contributed by atoms with Crippen molar-refractivity contribution in [2.45, 2.75) is 0 Å². The molecule has 0 aliphatic heterocycles. The van der Waals surface area contributed by atoms with Gasteiger partial charge in [0.15, 0.2) is 0 Å². The molecule has 0 atom stereocenters. The van der Waals surface area contributed by atoms with Gasteiger partial charge in [-0.25, -0.2) is 0 Å². The summed E-state index contributed by atoms with van der Waals surface area (Å²) in [6.07, 6.45) is 0. The van der Waals surface area contributed by atoms with Crippen LogP contribution in [0.2, 0.25) is 0 Å². The summed E-state index contributed by atoms with van der Waals surface area (Å²) in [5.41, 5.74) is 0. The van der Waals surface area contributed by atoms with Gasteiger partial charge >= 0.3 is 34.4 Å². The van der Waals surface area contributed by atoms with Crippen molar-refractivity contribution in [3.8, 4) is 0 Å². The summed E-state index contributed by atoms with van der Waals surface area (Å²) >= 11 is 0. The van der Waals surface area contributed by atoms with Gasteiger partial charge in [-0.15, -0.1) is 0 Å². The molecule has 0 N–H and O–H groups in total. The van der Waals surface area contributed by atoms with Gasteiger partial charge < -0.3 is 0 Å². The van der Waals surface area contributed by atoms with E-state index in [1.165, 1.54) is 0 Å². The fourth-order valence-electron chi connectivity index (χ4n) is 0.385. The van der Waals surface area contributed by atoms with E-state index in [1.807, 2.05) is 36.4 Å². The molecule has 13 heavy (non-hydrogen) atoms. The Bertz CT molecular complexity index is 214. The standard InChI is InChI=1S/C6H6.F6P/c1-2-4-6-5-3-1;1-7(2,3,4,5)6/h1-6H;/q;-1/p+1. The van der Waals surface area contributed by atoms with Crippen molar-refractivity contribution in [2.75, 3.05) is 0 Å². The third-order valence-electron chi connectivity index (χ3n) is 0.667. The topological polar surface area (TPSA) is 0 Å². The van der Waals surface area contributed by atoms with E-state index < -0.39 is 7.81 Å². The van der Waals surface area contributed by atoms with Crippen LogP contribution in [0.5, 0.6) is 0 Å². The SMILES string of the molecule is F[P-](F)(F)(F)(F)F.[H+].c1ccccc1. The van der Waals surface area contributed by atoms with Crippen molar-refractivity contribution in [1.82, 2.24) is 0 Å². The maximum atomic E-state index is 9.87. The molecule has 0 unspecified atom stereocenters. The summed E-state index contributed by atoms with van der Waals surface area (Å²) in [4.78, 5) is 0. The molecule has 0 radical (unpaired) electrons. The van der Waals surface area contributed by atoms with Crippen LogP contribution in [-0.4, -0.2) is 0 Å². The van der Waals surface area contributed by atoms with Gasteiger partial charge in [0.2, 0.25) is 0 Å². The smallest absolute Gasteiger partial charge is 0.0623 e. The summed E-state index contributed by atoms with van der Waals surface area (Å²) in [6, 6.07) is 12.0. The van der Waals surface area contributed by atoms with E-state index in [4.69, 9.17) is 0 Å². The molecule has 0 aromatic heterocycles. The van der Waals surface area contributed by atoms with Crippen LogP contribution in [0.25, 0.3) is 0 Å². The molecule has 1 aromatic carbocycles. The van der Waals surface area contributed by atoms with Gasteiger partial charge in [0, 0.05) is 0 Å². The monoisotopic (exact) mass is 224 g/mol. The van der Waals surface area contributed by atoms with Crippen molar-refractivity contribution < 1.29 is 26.6 Å². The quantitative estimate of drug-likeness (QED) is 0.420. The zero-order valence-electron chi connectivity index (χ0n) is 7.18. The molecular formula is C6H7F6P. The zero-order chi connectivity index (χ0) is 10.7. The number of benzene rings is 1. The van der Waals surface area contributed by atoms with Crippen LogP contribution < -0.4 is 0 Å². The summed E-state index contributed by atoms with van der Waals surface area (Å²) in [5, 5.41) is 0. The van der Waals surface area contributed by atoms with Crippen LogP contribution in [0.1, 0.15) is 1.43 Å². The fourth-order valence-corrected chi connectivity index (χ4v) is 0.385. The van der Waals surface area contributed by atoms with E-state index in [0.29, 0.717) is 0 Å². The van der Waals surface area contributed by atoms with Crippen LogP contribution in [-0.2, 0) is 0 Å². The second-order valence-electron chi connectivity index (χ2n) is 2.11. The van der Waals surface area contributed by atoms with Crippen LogP contribution in [0.15, 0.2) is 36.4 Å². The van der Waals surface area contributed by atoms with Gasteiger partial charge in [-0.2, -0.15) is 0 Å². The van der Waals surface area contributed by atoms with Crippen LogP contribution in [0, 0.1) is 0 Å². The first-order valence-electron chi connectivity index (χ1n) is 3.01. The Balaban J connectivity index is 0. The number of hydrogen-bond acceptors (Lipinski definition) is 0. The maximum Gasteiger partial charge on any atom is 1.00 e. The van der Waals surface area contributed by atoms with E-state index in [0.717, 1.165) is 0 Å². The van der Waals surface area contributed by atoms with Gasteiger partial charge in [0.25, 0.3) is 0 Å². The Morgan fingerprint density at radius 1 is 0.538 bits per heavy atom. The molecule has 1 rings (SSSR count). The summed E-state index contributed by atoms with van der Waals surface area (Å²) in [6.45, 7) is 0. The van der Waals surface area contributed by atoms with Gasteiger partial charge in [-0.1, -0.05) is 36.4 Å². The molecule has 0 amide bonds. The summed E-state index contributed by atoms with van der Waals surface area (Å²) < 4.78 is 59.2. The van der Waals surface area contributed by atoms with Crippen LogP contribution in [0.4, 0.5) is 25.2 Å². The molecule has 78 valence electrons. The third kappa shape index (κ3) is 35.0. The van der Waals surface area contributed by atoms with E-state index in [1.54, 1.807) is 0 Å². The summed E-state index contributed by atoms with van der Waals surface area (Å²) in [5.74, 6) is 0. The van der Waals surface area contributed by atoms with E-state index in [9.17, 15) is 25.2 Å². The molecular weight excluding hydrogens is 217 g/mol. The predicted octanol–water partition coefficient (Wildman–Crippen LogP) is 5.18. The second kappa shape index (κ2) is 2.87. The molecule has 1 aromatic rings. The first kappa shape index (κ1) is 12.2. The minimum atomic E-state index is -10.7. The minimum Gasteiger partial charge on any atom is -0.0623 e.